The second-order valence-electron chi connectivity index (χ2n) is 4.43. The molecule has 2 atom stereocenters. The van der Waals surface area contributed by atoms with Crippen LogP contribution >= 0.6 is 0 Å². The molecule has 0 radical (unpaired) electrons. The van der Waals surface area contributed by atoms with Crippen molar-refractivity contribution in [3.8, 4) is 5.75 Å². The summed E-state index contributed by atoms with van der Waals surface area (Å²) in [5.74, 6) is -0.917. The first-order valence-corrected chi connectivity index (χ1v) is 5.64. The number of alkyl halides is 2. The van der Waals surface area contributed by atoms with Crippen LogP contribution in [0, 0.1) is 0 Å². The standard InChI is InChI=1S/C14H10F2O2/c15-12-8-14(12,16)13(17)18-11-6-5-9-3-1-2-4-10(9)7-11/h1-7,12H,8H2. The second kappa shape index (κ2) is 3.77. The number of rotatable bonds is 2. The highest BCUT2D eigenvalue weighted by Gasteiger charge is 2.64. The van der Waals surface area contributed by atoms with E-state index in [4.69, 9.17) is 4.74 Å². The number of fused-ring (bicyclic) bond motifs is 1. The number of hydrogen-bond donors (Lipinski definition) is 0. The summed E-state index contributed by atoms with van der Waals surface area (Å²) in [4.78, 5) is 11.4. The summed E-state index contributed by atoms with van der Waals surface area (Å²) in [7, 11) is 0. The van der Waals surface area contributed by atoms with Gasteiger partial charge in [-0.1, -0.05) is 30.3 Å². The molecule has 92 valence electrons. The molecule has 0 N–H and O–H groups in total. The predicted molar refractivity (Wildman–Crippen MR) is 62.9 cm³/mol. The highest BCUT2D eigenvalue weighted by atomic mass is 19.2. The first-order chi connectivity index (χ1) is 8.59. The quantitative estimate of drug-likeness (QED) is 0.602. The highest BCUT2D eigenvalue weighted by molar-refractivity contribution is 5.88. The molecule has 0 aliphatic heterocycles. The molecule has 2 nitrogen and oxygen atoms in total. The molecule has 4 heteroatoms. The van der Waals surface area contributed by atoms with Crippen molar-refractivity contribution in [2.24, 2.45) is 0 Å². The lowest BCUT2D eigenvalue weighted by molar-refractivity contribution is -0.142. The normalized spacial score (nSPS) is 26.0. The van der Waals surface area contributed by atoms with E-state index >= 15 is 0 Å². The van der Waals surface area contributed by atoms with Crippen molar-refractivity contribution in [1.29, 1.82) is 0 Å². The van der Waals surface area contributed by atoms with Gasteiger partial charge in [0.15, 0.2) is 0 Å². The van der Waals surface area contributed by atoms with Crippen molar-refractivity contribution < 1.29 is 18.3 Å². The molecule has 1 fully saturated rings. The zero-order valence-corrected chi connectivity index (χ0v) is 9.40. The van der Waals surface area contributed by atoms with Crippen LogP contribution in [0.4, 0.5) is 8.78 Å². The zero-order valence-electron chi connectivity index (χ0n) is 9.40. The van der Waals surface area contributed by atoms with Gasteiger partial charge in [-0.3, -0.25) is 0 Å². The minimum Gasteiger partial charge on any atom is -0.424 e. The van der Waals surface area contributed by atoms with Crippen LogP contribution in [0.1, 0.15) is 6.42 Å². The molecule has 1 aliphatic carbocycles. The molecule has 1 aliphatic rings. The summed E-state index contributed by atoms with van der Waals surface area (Å²) < 4.78 is 31.0. The number of hydrogen-bond acceptors (Lipinski definition) is 2. The topological polar surface area (TPSA) is 26.3 Å². The van der Waals surface area contributed by atoms with Crippen LogP contribution in [0.5, 0.6) is 5.75 Å². The van der Waals surface area contributed by atoms with Gasteiger partial charge in [-0.2, -0.15) is 0 Å². The van der Waals surface area contributed by atoms with Crippen LogP contribution in [0.25, 0.3) is 10.8 Å². The average molecular weight is 248 g/mol. The molecule has 0 spiro atoms. The third-order valence-electron chi connectivity index (χ3n) is 3.08. The molecule has 0 saturated heterocycles. The van der Waals surface area contributed by atoms with E-state index in [1.807, 2.05) is 24.3 Å². The van der Waals surface area contributed by atoms with Gasteiger partial charge in [0.25, 0.3) is 0 Å². The predicted octanol–water partition coefficient (Wildman–Crippen LogP) is 3.20. The van der Waals surface area contributed by atoms with E-state index < -0.39 is 24.2 Å². The number of ether oxygens (including phenoxy) is 1. The van der Waals surface area contributed by atoms with Gasteiger partial charge < -0.3 is 4.74 Å². The van der Waals surface area contributed by atoms with Gasteiger partial charge in [0.1, 0.15) is 11.9 Å². The van der Waals surface area contributed by atoms with Crippen molar-refractivity contribution >= 4 is 16.7 Å². The molecule has 3 rings (SSSR count). The molecule has 18 heavy (non-hydrogen) atoms. The van der Waals surface area contributed by atoms with Crippen LogP contribution in [0.15, 0.2) is 42.5 Å². The van der Waals surface area contributed by atoms with Gasteiger partial charge in [0.2, 0.25) is 5.67 Å². The van der Waals surface area contributed by atoms with Crippen LogP contribution in [-0.4, -0.2) is 17.8 Å². The second-order valence-corrected chi connectivity index (χ2v) is 4.43. The van der Waals surface area contributed by atoms with Crippen LogP contribution in [0.2, 0.25) is 0 Å². The molecule has 0 bridgehead atoms. The van der Waals surface area contributed by atoms with Gasteiger partial charge in [-0.15, -0.1) is 0 Å². The van der Waals surface area contributed by atoms with Crippen molar-refractivity contribution in [2.45, 2.75) is 18.3 Å². The monoisotopic (exact) mass is 248 g/mol. The summed E-state index contributed by atoms with van der Waals surface area (Å²) >= 11 is 0. The zero-order chi connectivity index (χ0) is 12.8. The molecule has 2 unspecified atom stereocenters. The van der Waals surface area contributed by atoms with E-state index in [0.29, 0.717) is 0 Å². The van der Waals surface area contributed by atoms with Crippen LogP contribution in [-0.2, 0) is 4.79 Å². The summed E-state index contributed by atoms with van der Waals surface area (Å²) in [6.07, 6.45) is -2.13. The molecule has 0 aromatic heterocycles. The van der Waals surface area contributed by atoms with E-state index in [0.717, 1.165) is 10.8 Å². The minimum atomic E-state index is -2.44. The Kier molecular flexibility index (Phi) is 2.33. The Morgan fingerprint density at radius 1 is 1.22 bits per heavy atom. The molecule has 2 aromatic carbocycles. The van der Waals surface area contributed by atoms with Crippen molar-refractivity contribution in [1.82, 2.24) is 0 Å². The number of carbonyl (C=O) groups excluding carboxylic acids is 1. The fourth-order valence-electron chi connectivity index (χ4n) is 1.84. The molecule has 2 aromatic rings. The van der Waals surface area contributed by atoms with Gasteiger partial charge in [-0.25, -0.2) is 13.6 Å². The van der Waals surface area contributed by atoms with E-state index in [-0.39, 0.29) is 5.75 Å². The SMILES string of the molecule is O=C(Oc1ccc2ccccc2c1)C1(F)CC1F. The van der Waals surface area contributed by atoms with Gasteiger partial charge in [0, 0.05) is 6.42 Å². The number of halogens is 2. The van der Waals surface area contributed by atoms with E-state index in [1.165, 1.54) is 0 Å². The minimum absolute atomic E-state index is 0.231. The molecular weight excluding hydrogens is 238 g/mol. The third kappa shape index (κ3) is 1.74. The van der Waals surface area contributed by atoms with E-state index in [9.17, 15) is 13.6 Å². The summed E-state index contributed by atoms with van der Waals surface area (Å²) in [6, 6.07) is 12.5. The largest absolute Gasteiger partial charge is 0.424 e. The molecular formula is C14H10F2O2. The Hall–Kier alpha value is -1.97. The lowest BCUT2D eigenvalue weighted by atomic mass is 10.1. The summed E-state index contributed by atoms with van der Waals surface area (Å²) in [6.45, 7) is 0. The molecule has 1 saturated carbocycles. The fraction of sp³-hybridized carbons (Fsp3) is 0.214. The third-order valence-corrected chi connectivity index (χ3v) is 3.08. The number of esters is 1. The maximum Gasteiger partial charge on any atom is 0.352 e. The van der Waals surface area contributed by atoms with Crippen LogP contribution in [0.3, 0.4) is 0 Å². The van der Waals surface area contributed by atoms with Crippen molar-refractivity contribution in [3.63, 3.8) is 0 Å². The Morgan fingerprint density at radius 3 is 2.56 bits per heavy atom. The molecule has 0 heterocycles. The fourth-order valence-corrected chi connectivity index (χ4v) is 1.84. The van der Waals surface area contributed by atoms with Gasteiger partial charge >= 0.3 is 5.97 Å². The van der Waals surface area contributed by atoms with Crippen LogP contribution < -0.4 is 4.74 Å². The molecule has 0 amide bonds. The van der Waals surface area contributed by atoms with Gasteiger partial charge in [-0.05, 0) is 22.9 Å². The lowest BCUT2D eigenvalue weighted by Gasteiger charge is -2.07. The first kappa shape index (κ1) is 11.1. The number of carbonyl (C=O) groups is 1. The van der Waals surface area contributed by atoms with E-state index in [2.05, 4.69) is 0 Å². The van der Waals surface area contributed by atoms with Gasteiger partial charge in [0.05, 0.1) is 0 Å². The summed E-state index contributed by atoms with van der Waals surface area (Å²) in [5.41, 5.74) is -2.44. The van der Waals surface area contributed by atoms with Crippen molar-refractivity contribution in [2.75, 3.05) is 0 Å². The maximum atomic E-state index is 13.4. The maximum absolute atomic E-state index is 13.4. The Bertz CT molecular complexity index is 626. The smallest absolute Gasteiger partial charge is 0.352 e. The summed E-state index contributed by atoms with van der Waals surface area (Å²) in [5, 5.41) is 1.87. The Labute approximate surface area is 102 Å². The average Bonchev–Trinajstić information content (AvgIpc) is 2.99. The highest BCUT2D eigenvalue weighted by Crippen LogP contribution is 2.44. The Morgan fingerprint density at radius 2 is 1.89 bits per heavy atom. The van der Waals surface area contributed by atoms with E-state index in [1.54, 1.807) is 18.2 Å². The first-order valence-electron chi connectivity index (χ1n) is 5.64. The lowest BCUT2D eigenvalue weighted by Crippen LogP contribution is -2.25. The Balaban J connectivity index is 1.85. The number of benzene rings is 2. The van der Waals surface area contributed by atoms with Crippen molar-refractivity contribution in [3.05, 3.63) is 42.5 Å².